The Balaban J connectivity index is 2.21. The topological polar surface area (TPSA) is 64.9 Å². The molecule has 0 bridgehead atoms. The van der Waals surface area contributed by atoms with Crippen molar-refractivity contribution >= 4 is 0 Å². The van der Waals surface area contributed by atoms with E-state index in [0.717, 1.165) is 18.4 Å². The van der Waals surface area contributed by atoms with Gasteiger partial charge in [-0.15, -0.1) is 0 Å². The van der Waals surface area contributed by atoms with E-state index in [0.29, 0.717) is 18.3 Å². The van der Waals surface area contributed by atoms with Crippen LogP contribution in [-0.4, -0.2) is 16.7 Å². The third-order valence-corrected chi connectivity index (χ3v) is 2.82. The van der Waals surface area contributed by atoms with Gasteiger partial charge in [-0.1, -0.05) is 18.5 Å². The van der Waals surface area contributed by atoms with Crippen molar-refractivity contribution < 1.29 is 8.91 Å². The van der Waals surface area contributed by atoms with E-state index in [1.165, 1.54) is 12.1 Å². The Morgan fingerprint density at radius 3 is 2.67 bits per heavy atom. The first-order valence-corrected chi connectivity index (χ1v) is 6.04. The molecule has 18 heavy (non-hydrogen) atoms. The van der Waals surface area contributed by atoms with E-state index in [2.05, 4.69) is 17.1 Å². The number of halogens is 1. The first-order chi connectivity index (χ1) is 8.74. The lowest BCUT2D eigenvalue weighted by atomic mass is 10.0. The van der Waals surface area contributed by atoms with Crippen molar-refractivity contribution in [2.45, 2.75) is 25.7 Å². The summed E-state index contributed by atoms with van der Waals surface area (Å²) >= 11 is 0. The zero-order chi connectivity index (χ0) is 13.0. The van der Waals surface area contributed by atoms with Gasteiger partial charge in [-0.05, 0) is 30.7 Å². The lowest BCUT2D eigenvalue weighted by Crippen LogP contribution is -2.12. The van der Waals surface area contributed by atoms with Crippen molar-refractivity contribution in [1.82, 2.24) is 10.1 Å². The molecule has 0 spiro atoms. The van der Waals surface area contributed by atoms with E-state index >= 15 is 0 Å². The standard InChI is InChI=1S/C13H16FN3O/c1-2-3-10(8-15)13-16-12(17-18-13)9-4-6-11(14)7-5-9/h4-7,10H,2-3,8,15H2,1H3. The summed E-state index contributed by atoms with van der Waals surface area (Å²) in [6.07, 6.45) is 1.93. The van der Waals surface area contributed by atoms with Gasteiger partial charge in [0, 0.05) is 12.1 Å². The van der Waals surface area contributed by atoms with Crippen molar-refractivity contribution in [3.63, 3.8) is 0 Å². The zero-order valence-electron chi connectivity index (χ0n) is 10.3. The van der Waals surface area contributed by atoms with Gasteiger partial charge in [-0.2, -0.15) is 4.98 Å². The van der Waals surface area contributed by atoms with Gasteiger partial charge in [0.05, 0.1) is 5.92 Å². The molecule has 0 saturated heterocycles. The highest BCUT2D eigenvalue weighted by Crippen LogP contribution is 2.22. The molecule has 0 fully saturated rings. The van der Waals surface area contributed by atoms with Crippen LogP contribution in [0, 0.1) is 5.82 Å². The van der Waals surface area contributed by atoms with Crippen LogP contribution in [0.5, 0.6) is 0 Å². The third-order valence-electron chi connectivity index (χ3n) is 2.82. The summed E-state index contributed by atoms with van der Waals surface area (Å²) < 4.78 is 18.0. The Hall–Kier alpha value is -1.75. The van der Waals surface area contributed by atoms with E-state index in [4.69, 9.17) is 10.3 Å². The summed E-state index contributed by atoms with van der Waals surface area (Å²) in [7, 11) is 0. The molecule has 0 aliphatic carbocycles. The highest BCUT2D eigenvalue weighted by Gasteiger charge is 2.17. The molecule has 0 radical (unpaired) electrons. The fraction of sp³-hybridized carbons (Fsp3) is 0.385. The fourth-order valence-corrected chi connectivity index (χ4v) is 1.81. The van der Waals surface area contributed by atoms with E-state index in [1.54, 1.807) is 12.1 Å². The Morgan fingerprint density at radius 2 is 2.06 bits per heavy atom. The first-order valence-electron chi connectivity index (χ1n) is 6.04. The fourth-order valence-electron chi connectivity index (χ4n) is 1.81. The van der Waals surface area contributed by atoms with Gasteiger partial charge in [-0.3, -0.25) is 0 Å². The van der Waals surface area contributed by atoms with Crippen LogP contribution in [0.15, 0.2) is 28.8 Å². The van der Waals surface area contributed by atoms with Crippen molar-refractivity contribution in [2.75, 3.05) is 6.54 Å². The van der Waals surface area contributed by atoms with Gasteiger partial charge in [0.2, 0.25) is 11.7 Å². The minimum Gasteiger partial charge on any atom is -0.339 e. The average Bonchev–Trinajstić information content (AvgIpc) is 2.86. The van der Waals surface area contributed by atoms with Crippen LogP contribution in [0.25, 0.3) is 11.4 Å². The minimum absolute atomic E-state index is 0.0942. The summed E-state index contributed by atoms with van der Waals surface area (Å²) in [5.74, 6) is 0.836. The van der Waals surface area contributed by atoms with Gasteiger partial charge in [-0.25, -0.2) is 4.39 Å². The largest absolute Gasteiger partial charge is 0.339 e. The van der Waals surface area contributed by atoms with Crippen LogP contribution in [0.3, 0.4) is 0 Å². The van der Waals surface area contributed by atoms with E-state index in [9.17, 15) is 4.39 Å². The maximum absolute atomic E-state index is 12.8. The Kier molecular flexibility index (Phi) is 4.04. The number of rotatable bonds is 5. The van der Waals surface area contributed by atoms with Crippen molar-refractivity contribution in [3.05, 3.63) is 36.0 Å². The summed E-state index contributed by atoms with van der Waals surface area (Å²) in [6.45, 7) is 2.57. The zero-order valence-corrected chi connectivity index (χ0v) is 10.3. The molecule has 1 heterocycles. The predicted molar refractivity (Wildman–Crippen MR) is 66.4 cm³/mol. The third kappa shape index (κ3) is 2.73. The Labute approximate surface area is 105 Å². The quantitative estimate of drug-likeness (QED) is 0.884. The number of benzene rings is 1. The number of aromatic nitrogens is 2. The van der Waals surface area contributed by atoms with Crippen molar-refractivity contribution in [2.24, 2.45) is 5.73 Å². The summed E-state index contributed by atoms with van der Waals surface area (Å²) in [4.78, 5) is 4.32. The van der Waals surface area contributed by atoms with Crippen LogP contribution in [-0.2, 0) is 0 Å². The molecule has 1 aromatic heterocycles. The van der Waals surface area contributed by atoms with Crippen molar-refractivity contribution in [1.29, 1.82) is 0 Å². The van der Waals surface area contributed by atoms with Crippen molar-refractivity contribution in [3.8, 4) is 11.4 Å². The van der Waals surface area contributed by atoms with Crippen LogP contribution in [0.2, 0.25) is 0 Å². The highest BCUT2D eigenvalue weighted by molar-refractivity contribution is 5.53. The molecular formula is C13H16FN3O. The molecule has 96 valence electrons. The molecule has 0 amide bonds. The van der Waals surface area contributed by atoms with Crippen LogP contribution >= 0.6 is 0 Å². The molecule has 2 rings (SSSR count). The van der Waals surface area contributed by atoms with Gasteiger partial charge in [0.25, 0.3) is 0 Å². The molecule has 5 heteroatoms. The van der Waals surface area contributed by atoms with Gasteiger partial charge in [0.1, 0.15) is 5.82 Å². The number of hydrogen-bond donors (Lipinski definition) is 1. The molecule has 0 aliphatic rings. The summed E-state index contributed by atoms with van der Waals surface area (Å²) in [5, 5.41) is 3.90. The summed E-state index contributed by atoms with van der Waals surface area (Å²) in [6, 6.07) is 6.00. The van der Waals surface area contributed by atoms with E-state index in [-0.39, 0.29) is 11.7 Å². The first kappa shape index (κ1) is 12.7. The van der Waals surface area contributed by atoms with E-state index < -0.39 is 0 Å². The van der Waals surface area contributed by atoms with Gasteiger partial charge < -0.3 is 10.3 Å². The molecule has 1 unspecified atom stereocenters. The molecular weight excluding hydrogens is 233 g/mol. The number of nitrogens with zero attached hydrogens (tertiary/aromatic N) is 2. The van der Waals surface area contributed by atoms with Gasteiger partial charge in [0.15, 0.2) is 0 Å². The van der Waals surface area contributed by atoms with Crippen LogP contribution < -0.4 is 5.73 Å². The molecule has 0 saturated carbocycles. The predicted octanol–water partition coefficient (Wildman–Crippen LogP) is 2.72. The van der Waals surface area contributed by atoms with Gasteiger partial charge >= 0.3 is 0 Å². The van der Waals surface area contributed by atoms with E-state index in [1.807, 2.05) is 0 Å². The monoisotopic (exact) mass is 249 g/mol. The second kappa shape index (κ2) is 5.73. The number of nitrogens with two attached hydrogens (primary N) is 1. The SMILES string of the molecule is CCCC(CN)c1nc(-c2ccc(F)cc2)no1. The molecule has 2 N–H and O–H groups in total. The highest BCUT2D eigenvalue weighted by atomic mass is 19.1. The average molecular weight is 249 g/mol. The normalized spacial score (nSPS) is 12.6. The second-order valence-corrected chi connectivity index (χ2v) is 4.18. The van der Waals surface area contributed by atoms with Crippen LogP contribution in [0.4, 0.5) is 4.39 Å². The molecule has 0 aliphatic heterocycles. The Bertz CT molecular complexity index is 495. The summed E-state index contributed by atoms with van der Waals surface area (Å²) in [5.41, 5.74) is 6.42. The molecule has 4 nitrogen and oxygen atoms in total. The smallest absolute Gasteiger partial charge is 0.231 e. The van der Waals surface area contributed by atoms with Crippen LogP contribution in [0.1, 0.15) is 31.6 Å². The Morgan fingerprint density at radius 1 is 1.33 bits per heavy atom. The second-order valence-electron chi connectivity index (χ2n) is 4.18. The molecule has 1 aromatic carbocycles. The lowest BCUT2D eigenvalue weighted by Gasteiger charge is -2.06. The maximum atomic E-state index is 12.8. The maximum Gasteiger partial charge on any atom is 0.231 e. The molecule has 2 aromatic rings. The lowest BCUT2D eigenvalue weighted by molar-refractivity contribution is 0.347. The molecule has 1 atom stereocenters. The number of hydrogen-bond acceptors (Lipinski definition) is 4. The minimum atomic E-state index is -0.284.